The van der Waals surface area contributed by atoms with Crippen molar-refractivity contribution in [3.8, 4) is 0 Å². The van der Waals surface area contributed by atoms with Crippen molar-refractivity contribution in [2.45, 2.75) is 26.1 Å². The maximum atomic E-state index is 12.6. The lowest BCUT2D eigenvalue weighted by Gasteiger charge is -2.37. The molecule has 3 rings (SSSR count). The molecule has 2 fully saturated rings. The molecule has 1 aromatic rings. The number of aliphatic hydroxyl groups is 1. The number of hydrogen-bond donors (Lipinski definition) is 1. The molecule has 0 unspecified atom stereocenters. The van der Waals surface area contributed by atoms with Gasteiger partial charge < -0.3 is 14.7 Å². The molecule has 0 radical (unpaired) electrons. The minimum atomic E-state index is -0.0414. The van der Waals surface area contributed by atoms with Crippen LogP contribution in [0.5, 0.6) is 0 Å². The van der Waals surface area contributed by atoms with Gasteiger partial charge in [-0.3, -0.25) is 14.7 Å². The Kier molecular flexibility index (Phi) is 5.48. The Bertz CT molecular complexity index is 544. The highest BCUT2D eigenvalue weighted by molar-refractivity contribution is 5.92. The standard InChI is InChI=1S/C18H27N3O3/c1-13-7-20(8-14(2)24-13)9-15-10-21(11-16(15)12-22)18(23)17-5-3-4-6-19-17/h3-6,13-16,22H,7-12H2,1-2H3/t13-,14+,15-,16-/m1/s1. The first-order chi connectivity index (χ1) is 11.6. The molecule has 4 atom stereocenters. The fraction of sp³-hybridized carbons (Fsp3) is 0.667. The van der Waals surface area contributed by atoms with E-state index in [1.165, 1.54) is 0 Å². The lowest BCUT2D eigenvalue weighted by molar-refractivity contribution is -0.0726. The van der Waals surface area contributed by atoms with Gasteiger partial charge >= 0.3 is 0 Å². The number of morpholine rings is 1. The number of amides is 1. The van der Waals surface area contributed by atoms with E-state index in [0.29, 0.717) is 24.7 Å². The molecular formula is C18H27N3O3. The highest BCUT2D eigenvalue weighted by Crippen LogP contribution is 2.26. The molecular weight excluding hydrogens is 306 g/mol. The second kappa shape index (κ2) is 7.59. The summed E-state index contributed by atoms with van der Waals surface area (Å²) in [6.45, 7) is 8.31. The van der Waals surface area contributed by atoms with Gasteiger partial charge in [-0.1, -0.05) is 6.07 Å². The van der Waals surface area contributed by atoms with E-state index < -0.39 is 0 Å². The summed E-state index contributed by atoms with van der Waals surface area (Å²) in [6.07, 6.45) is 2.10. The first kappa shape index (κ1) is 17.3. The van der Waals surface area contributed by atoms with E-state index in [1.54, 1.807) is 18.3 Å². The van der Waals surface area contributed by atoms with Crippen LogP contribution >= 0.6 is 0 Å². The topological polar surface area (TPSA) is 65.9 Å². The zero-order valence-electron chi connectivity index (χ0n) is 14.5. The molecule has 1 aromatic heterocycles. The van der Waals surface area contributed by atoms with E-state index in [4.69, 9.17) is 4.74 Å². The van der Waals surface area contributed by atoms with E-state index in [9.17, 15) is 9.90 Å². The van der Waals surface area contributed by atoms with Crippen LogP contribution < -0.4 is 0 Å². The third kappa shape index (κ3) is 3.94. The first-order valence-electron chi connectivity index (χ1n) is 8.75. The summed E-state index contributed by atoms with van der Waals surface area (Å²) in [5.74, 6) is 0.381. The molecule has 132 valence electrons. The number of hydrogen-bond acceptors (Lipinski definition) is 5. The molecule has 0 saturated carbocycles. The molecule has 0 aromatic carbocycles. The second-order valence-corrected chi connectivity index (χ2v) is 7.10. The van der Waals surface area contributed by atoms with Crippen LogP contribution in [0.4, 0.5) is 0 Å². The highest BCUT2D eigenvalue weighted by Gasteiger charge is 2.37. The Morgan fingerprint density at radius 2 is 1.92 bits per heavy atom. The summed E-state index contributed by atoms with van der Waals surface area (Å²) >= 11 is 0. The van der Waals surface area contributed by atoms with Crippen molar-refractivity contribution in [1.29, 1.82) is 0 Å². The van der Waals surface area contributed by atoms with Crippen LogP contribution in [0.2, 0.25) is 0 Å². The van der Waals surface area contributed by atoms with E-state index in [2.05, 4.69) is 23.7 Å². The number of aromatic nitrogens is 1. The van der Waals surface area contributed by atoms with Crippen LogP contribution in [-0.2, 0) is 4.74 Å². The van der Waals surface area contributed by atoms with Crippen molar-refractivity contribution in [2.24, 2.45) is 11.8 Å². The number of nitrogens with zero attached hydrogens (tertiary/aromatic N) is 3. The molecule has 0 aliphatic carbocycles. The number of carbonyl (C=O) groups excluding carboxylic acids is 1. The van der Waals surface area contributed by atoms with Crippen LogP contribution in [0.1, 0.15) is 24.3 Å². The summed E-state index contributed by atoms with van der Waals surface area (Å²) in [5.41, 5.74) is 0.475. The van der Waals surface area contributed by atoms with Crippen LogP contribution in [0.3, 0.4) is 0 Å². The number of rotatable bonds is 4. The molecule has 2 saturated heterocycles. The van der Waals surface area contributed by atoms with E-state index in [1.807, 2.05) is 11.0 Å². The summed E-state index contributed by atoms with van der Waals surface area (Å²) in [7, 11) is 0. The van der Waals surface area contributed by atoms with Crippen molar-refractivity contribution in [3.05, 3.63) is 30.1 Å². The predicted octanol–water partition coefficient (Wildman–Crippen LogP) is 0.871. The minimum Gasteiger partial charge on any atom is -0.396 e. The zero-order chi connectivity index (χ0) is 17.1. The fourth-order valence-corrected chi connectivity index (χ4v) is 3.93. The van der Waals surface area contributed by atoms with Crippen molar-refractivity contribution in [3.63, 3.8) is 0 Å². The quantitative estimate of drug-likeness (QED) is 0.886. The van der Waals surface area contributed by atoms with Gasteiger partial charge in [-0.05, 0) is 31.9 Å². The monoisotopic (exact) mass is 333 g/mol. The fourth-order valence-electron chi connectivity index (χ4n) is 3.93. The largest absolute Gasteiger partial charge is 0.396 e. The van der Waals surface area contributed by atoms with Gasteiger partial charge in [0.1, 0.15) is 5.69 Å². The van der Waals surface area contributed by atoms with Crippen LogP contribution in [0.25, 0.3) is 0 Å². The van der Waals surface area contributed by atoms with Gasteiger partial charge in [0.05, 0.1) is 12.2 Å². The summed E-state index contributed by atoms with van der Waals surface area (Å²) < 4.78 is 5.79. The smallest absolute Gasteiger partial charge is 0.272 e. The molecule has 2 aliphatic rings. The van der Waals surface area contributed by atoms with Crippen molar-refractivity contribution >= 4 is 5.91 Å². The number of likely N-dealkylation sites (tertiary alicyclic amines) is 1. The SMILES string of the molecule is C[C@@H]1CN(C[C@@H]2CN(C(=O)c3ccccn3)C[C@@H]2CO)C[C@H](C)O1. The van der Waals surface area contributed by atoms with Crippen LogP contribution in [0.15, 0.2) is 24.4 Å². The predicted molar refractivity (Wildman–Crippen MR) is 90.7 cm³/mol. The number of carbonyl (C=O) groups is 1. The molecule has 3 heterocycles. The Hall–Kier alpha value is -1.50. The van der Waals surface area contributed by atoms with Gasteiger partial charge in [0.25, 0.3) is 5.91 Å². The van der Waals surface area contributed by atoms with Gasteiger partial charge in [-0.2, -0.15) is 0 Å². The van der Waals surface area contributed by atoms with Crippen LogP contribution in [0, 0.1) is 11.8 Å². The third-order valence-electron chi connectivity index (χ3n) is 4.97. The molecule has 6 heteroatoms. The lowest BCUT2D eigenvalue weighted by atomic mass is 9.96. The first-order valence-corrected chi connectivity index (χ1v) is 8.75. The van der Waals surface area contributed by atoms with Gasteiger partial charge in [-0.25, -0.2) is 0 Å². The molecule has 0 spiro atoms. The summed E-state index contributed by atoms with van der Waals surface area (Å²) in [5, 5.41) is 9.74. The van der Waals surface area contributed by atoms with Gasteiger partial charge in [0.15, 0.2) is 0 Å². The van der Waals surface area contributed by atoms with Gasteiger partial charge in [0, 0.05) is 51.4 Å². The zero-order valence-corrected chi connectivity index (χ0v) is 14.5. The van der Waals surface area contributed by atoms with E-state index >= 15 is 0 Å². The summed E-state index contributed by atoms with van der Waals surface area (Å²) in [6, 6.07) is 5.38. The van der Waals surface area contributed by atoms with Gasteiger partial charge in [0.2, 0.25) is 0 Å². The maximum absolute atomic E-state index is 12.6. The molecule has 2 aliphatic heterocycles. The van der Waals surface area contributed by atoms with Gasteiger partial charge in [-0.15, -0.1) is 0 Å². The average molecular weight is 333 g/mol. The molecule has 1 amide bonds. The number of ether oxygens (including phenoxy) is 1. The Morgan fingerprint density at radius 1 is 1.21 bits per heavy atom. The molecule has 1 N–H and O–H groups in total. The molecule has 24 heavy (non-hydrogen) atoms. The minimum absolute atomic E-state index is 0.0414. The van der Waals surface area contributed by atoms with E-state index in [0.717, 1.165) is 19.6 Å². The molecule has 6 nitrogen and oxygen atoms in total. The second-order valence-electron chi connectivity index (χ2n) is 7.10. The Morgan fingerprint density at radius 3 is 2.54 bits per heavy atom. The average Bonchev–Trinajstić information content (AvgIpc) is 2.97. The normalized spacial score (nSPS) is 31.4. The highest BCUT2D eigenvalue weighted by atomic mass is 16.5. The summed E-state index contributed by atoms with van der Waals surface area (Å²) in [4.78, 5) is 21.0. The Balaban J connectivity index is 1.63. The number of pyridine rings is 1. The van der Waals surface area contributed by atoms with Crippen molar-refractivity contribution < 1.29 is 14.6 Å². The van der Waals surface area contributed by atoms with E-state index in [-0.39, 0.29) is 30.6 Å². The molecule has 0 bridgehead atoms. The van der Waals surface area contributed by atoms with Crippen LogP contribution in [-0.4, -0.2) is 77.3 Å². The maximum Gasteiger partial charge on any atom is 0.272 e. The van der Waals surface area contributed by atoms with Crippen molar-refractivity contribution in [2.75, 3.05) is 39.3 Å². The lowest BCUT2D eigenvalue weighted by Crippen LogP contribution is -2.48. The Labute approximate surface area is 143 Å². The number of aliphatic hydroxyl groups excluding tert-OH is 1. The van der Waals surface area contributed by atoms with Crippen molar-refractivity contribution in [1.82, 2.24) is 14.8 Å². The third-order valence-corrected chi connectivity index (χ3v) is 4.97.